The van der Waals surface area contributed by atoms with Crippen LogP contribution >= 0.6 is 0 Å². The highest BCUT2D eigenvalue weighted by Crippen LogP contribution is 2.46. The molecule has 96 valence electrons. The van der Waals surface area contributed by atoms with E-state index < -0.39 is 8.07 Å². The van der Waals surface area contributed by atoms with Crippen molar-refractivity contribution in [1.82, 2.24) is 0 Å². The van der Waals surface area contributed by atoms with Crippen LogP contribution in [0.5, 0.6) is 0 Å². The van der Waals surface area contributed by atoms with Gasteiger partial charge >= 0.3 is 0 Å². The van der Waals surface area contributed by atoms with Gasteiger partial charge in [-0.05, 0) is 17.0 Å². The van der Waals surface area contributed by atoms with E-state index in [1.165, 1.54) is 30.1 Å². The second-order valence-corrected chi connectivity index (χ2v) is 11.9. The van der Waals surface area contributed by atoms with Gasteiger partial charge in [0.2, 0.25) is 0 Å². The molecule has 0 aliphatic carbocycles. The number of hydrogen-bond donors (Lipinski definition) is 0. The molecule has 0 radical (unpaired) electrons. The molecule has 0 saturated carbocycles. The Morgan fingerprint density at radius 2 is 1.35 bits per heavy atom. The van der Waals surface area contributed by atoms with Gasteiger partial charge in [-0.25, -0.2) is 0 Å². The standard InChI is InChI=1S/C16H28Si/c1-6-17(7-2,8-3)16(4,5)14-15-12-10-9-11-13-15/h9-13H,6-8,14H2,1-5H3. The molecule has 0 bridgehead atoms. The average molecular weight is 248 g/mol. The van der Waals surface area contributed by atoms with E-state index in [0.717, 1.165) is 0 Å². The molecule has 0 fully saturated rings. The maximum absolute atomic E-state index is 2.50. The van der Waals surface area contributed by atoms with Gasteiger partial charge in [-0.2, -0.15) is 0 Å². The third-order valence-electron chi connectivity index (χ3n) is 4.95. The summed E-state index contributed by atoms with van der Waals surface area (Å²) in [7, 11) is -1.13. The topological polar surface area (TPSA) is 0 Å². The first-order valence-corrected chi connectivity index (χ1v) is 9.67. The second kappa shape index (κ2) is 5.86. The van der Waals surface area contributed by atoms with Gasteiger partial charge in [0.1, 0.15) is 0 Å². The summed E-state index contributed by atoms with van der Waals surface area (Å²) in [5, 5.41) is 0.507. The molecular weight excluding hydrogens is 220 g/mol. The summed E-state index contributed by atoms with van der Waals surface area (Å²) in [4.78, 5) is 0. The molecule has 0 saturated heterocycles. The van der Waals surface area contributed by atoms with Gasteiger partial charge in [0.05, 0.1) is 8.07 Å². The van der Waals surface area contributed by atoms with E-state index >= 15 is 0 Å². The Kier molecular flexibility index (Phi) is 5.00. The summed E-state index contributed by atoms with van der Waals surface area (Å²) in [5.41, 5.74) is 1.50. The summed E-state index contributed by atoms with van der Waals surface area (Å²) in [5.74, 6) is 0. The highest BCUT2D eigenvalue weighted by atomic mass is 28.3. The van der Waals surface area contributed by atoms with Crippen molar-refractivity contribution in [1.29, 1.82) is 0 Å². The van der Waals surface area contributed by atoms with Gasteiger partial charge in [-0.1, -0.05) is 83.1 Å². The quantitative estimate of drug-likeness (QED) is 0.582. The van der Waals surface area contributed by atoms with Crippen LogP contribution in [0.3, 0.4) is 0 Å². The van der Waals surface area contributed by atoms with E-state index in [-0.39, 0.29) is 0 Å². The van der Waals surface area contributed by atoms with E-state index in [0.29, 0.717) is 5.04 Å². The molecule has 0 spiro atoms. The molecule has 0 unspecified atom stereocenters. The van der Waals surface area contributed by atoms with E-state index in [1.807, 2.05) is 0 Å². The van der Waals surface area contributed by atoms with E-state index in [4.69, 9.17) is 0 Å². The maximum atomic E-state index is 2.50. The molecule has 0 nitrogen and oxygen atoms in total. The summed E-state index contributed by atoms with van der Waals surface area (Å²) in [6.45, 7) is 12.2. The average Bonchev–Trinajstić information content (AvgIpc) is 2.32. The Hall–Kier alpha value is -0.563. The van der Waals surface area contributed by atoms with Crippen molar-refractivity contribution in [2.45, 2.75) is 64.2 Å². The Bertz CT molecular complexity index is 314. The Morgan fingerprint density at radius 3 is 1.76 bits per heavy atom. The highest BCUT2D eigenvalue weighted by molar-refractivity contribution is 6.82. The minimum absolute atomic E-state index is 0.507. The molecule has 1 rings (SSSR count). The number of rotatable bonds is 6. The summed E-state index contributed by atoms with van der Waals surface area (Å²) >= 11 is 0. The molecule has 0 atom stereocenters. The van der Waals surface area contributed by atoms with Gasteiger partial charge in [-0.15, -0.1) is 0 Å². The molecule has 1 heteroatoms. The van der Waals surface area contributed by atoms with Crippen LogP contribution in [0.15, 0.2) is 30.3 Å². The van der Waals surface area contributed by atoms with Gasteiger partial charge in [0.15, 0.2) is 0 Å². The minimum Gasteiger partial charge on any atom is -0.0678 e. The lowest BCUT2D eigenvalue weighted by Crippen LogP contribution is -2.44. The van der Waals surface area contributed by atoms with Gasteiger partial charge < -0.3 is 0 Å². The fourth-order valence-electron chi connectivity index (χ4n) is 3.48. The highest BCUT2D eigenvalue weighted by Gasteiger charge is 2.42. The second-order valence-electron chi connectivity index (χ2n) is 5.89. The van der Waals surface area contributed by atoms with Crippen molar-refractivity contribution in [2.24, 2.45) is 0 Å². The summed E-state index contributed by atoms with van der Waals surface area (Å²) in [6, 6.07) is 15.3. The van der Waals surface area contributed by atoms with Gasteiger partial charge in [0.25, 0.3) is 0 Å². The lowest BCUT2D eigenvalue weighted by molar-refractivity contribution is 0.623. The SMILES string of the molecule is CC[Si](CC)(CC)C(C)(C)Cc1ccccc1. The van der Waals surface area contributed by atoms with Crippen molar-refractivity contribution in [3.8, 4) is 0 Å². The van der Waals surface area contributed by atoms with Gasteiger partial charge in [-0.3, -0.25) is 0 Å². The first-order valence-electron chi connectivity index (χ1n) is 7.05. The molecule has 0 amide bonds. The van der Waals surface area contributed by atoms with E-state index in [2.05, 4.69) is 65.0 Å². The van der Waals surface area contributed by atoms with Crippen molar-refractivity contribution in [3.05, 3.63) is 35.9 Å². The van der Waals surface area contributed by atoms with Crippen molar-refractivity contribution >= 4 is 8.07 Å². The fourth-order valence-corrected chi connectivity index (χ4v) is 8.43. The number of benzene rings is 1. The number of hydrogen-bond acceptors (Lipinski definition) is 0. The molecule has 0 aliphatic rings. The molecular formula is C16H28Si. The molecule has 0 heterocycles. The van der Waals surface area contributed by atoms with Crippen LogP contribution in [0.4, 0.5) is 0 Å². The zero-order valence-corrected chi connectivity index (χ0v) is 13.2. The van der Waals surface area contributed by atoms with E-state index in [1.54, 1.807) is 0 Å². The first kappa shape index (κ1) is 14.5. The largest absolute Gasteiger partial charge is 0.0678 e. The lowest BCUT2D eigenvalue weighted by atomic mass is 10.0. The summed E-state index contributed by atoms with van der Waals surface area (Å²) < 4.78 is 0. The Balaban J connectivity index is 2.93. The third kappa shape index (κ3) is 3.01. The van der Waals surface area contributed by atoms with Crippen LogP contribution in [-0.4, -0.2) is 8.07 Å². The Morgan fingerprint density at radius 1 is 0.882 bits per heavy atom. The van der Waals surface area contributed by atoms with Crippen LogP contribution in [-0.2, 0) is 6.42 Å². The zero-order valence-electron chi connectivity index (χ0n) is 12.2. The van der Waals surface area contributed by atoms with Crippen LogP contribution in [0.25, 0.3) is 0 Å². The molecule has 17 heavy (non-hydrogen) atoms. The molecule has 1 aromatic rings. The van der Waals surface area contributed by atoms with Crippen molar-refractivity contribution < 1.29 is 0 Å². The van der Waals surface area contributed by atoms with Crippen LogP contribution < -0.4 is 0 Å². The predicted molar refractivity (Wildman–Crippen MR) is 81.4 cm³/mol. The van der Waals surface area contributed by atoms with Crippen molar-refractivity contribution in [3.63, 3.8) is 0 Å². The summed E-state index contributed by atoms with van der Waals surface area (Å²) in [6.07, 6.45) is 1.25. The fraction of sp³-hybridized carbons (Fsp3) is 0.625. The predicted octanol–water partition coefficient (Wildman–Crippen LogP) is 5.52. The van der Waals surface area contributed by atoms with Crippen molar-refractivity contribution in [2.75, 3.05) is 0 Å². The zero-order chi connectivity index (χ0) is 12.9. The third-order valence-corrected chi connectivity index (χ3v) is 12.1. The molecule has 0 aromatic heterocycles. The van der Waals surface area contributed by atoms with Crippen LogP contribution in [0.1, 0.15) is 40.2 Å². The molecule has 0 N–H and O–H groups in total. The van der Waals surface area contributed by atoms with Crippen LogP contribution in [0.2, 0.25) is 23.2 Å². The van der Waals surface area contributed by atoms with Crippen LogP contribution in [0, 0.1) is 0 Å². The minimum atomic E-state index is -1.13. The monoisotopic (exact) mass is 248 g/mol. The first-order chi connectivity index (χ1) is 8.01. The smallest absolute Gasteiger partial charge is 0.0587 e. The molecule has 0 aliphatic heterocycles. The normalized spacial score (nSPS) is 12.8. The molecule has 1 aromatic carbocycles. The maximum Gasteiger partial charge on any atom is 0.0587 e. The van der Waals surface area contributed by atoms with Gasteiger partial charge in [0, 0.05) is 0 Å². The Labute approximate surface area is 108 Å². The van der Waals surface area contributed by atoms with E-state index in [9.17, 15) is 0 Å². The lowest BCUT2D eigenvalue weighted by Gasteiger charge is -2.44.